The van der Waals surface area contributed by atoms with Gasteiger partial charge in [-0.05, 0) is 69.2 Å². The lowest BCUT2D eigenvalue weighted by atomic mass is 9.84. The number of ether oxygens (including phenoxy) is 1. The molecule has 3 heterocycles. The summed E-state index contributed by atoms with van der Waals surface area (Å²) in [4.78, 5) is 24.8. The highest BCUT2D eigenvalue weighted by molar-refractivity contribution is 7.13. The van der Waals surface area contributed by atoms with Crippen molar-refractivity contribution in [3.05, 3.63) is 40.2 Å². The van der Waals surface area contributed by atoms with E-state index in [4.69, 9.17) is 9.15 Å². The number of nitrogens with one attached hydrogen (secondary N) is 1. The van der Waals surface area contributed by atoms with Crippen molar-refractivity contribution in [2.75, 3.05) is 26.2 Å². The largest absolute Gasteiger partial charge is 0.460 e. The monoisotopic (exact) mass is 536 g/mol. The molecule has 3 aromatic rings. The average Bonchev–Trinajstić information content (AvgIpc) is 3.38. The quantitative estimate of drug-likeness (QED) is 0.441. The molecular formula is C26H31F3N4O3S. The van der Waals surface area contributed by atoms with Crippen LogP contribution in [0.25, 0.3) is 11.1 Å². The van der Waals surface area contributed by atoms with E-state index in [1.54, 1.807) is 19.1 Å². The number of thiazole rings is 1. The Bertz CT molecular complexity index is 1210. The van der Waals surface area contributed by atoms with Crippen LogP contribution >= 0.6 is 11.3 Å². The zero-order valence-corrected chi connectivity index (χ0v) is 21.6. The number of aromatic nitrogens is 2. The van der Waals surface area contributed by atoms with Crippen LogP contribution in [0.5, 0.6) is 5.19 Å². The maximum Gasteiger partial charge on any atom is 0.422 e. The number of benzene rings is 1. The number of fused-ring (bicyclic) bond motifs is 2. The molecule has 0 bridgehead atoms. The van der Waals surface area contributed by atoms with Gasteiger partial charge >= 0.3 is 6.18 Å². The Morgan fingerprint density at radius 2 is 1.97 bits per heavy atom. The van der Waals surface area contributed by atoms with Gasteiger partial charge in [0.1, 0.15) is 5.52 Å². The summed E-state index contributed by atoms with van der Waals surface area (Å²) < 4.78 is 47.6. The second-order valence-electron chi connectivity index (χ2n) is 9.99. The molecule has 200 valence electrons. The fourth-order valence-electron chi connectivity index (χ4n) is 5.23. The Balaban J connectivity index is 1.03. The first kappa shape index (κ1) is 26.0. The SMILES string of the molecule is Cc1nc2ccc(C(=O)NC3CCC(CCN4CCc5nc(OCC(F)(F)F)sc5CC4)CC3)cc2o1. The van der Waals surface area contributed by atoms with Gasteiger partial charge in [0.2, 0.25) is 0 Å². The minimum absolute atomic E-state index is 0.0722. The lowest BCUT2D eigenvalue weighted by Gasteiger charge is -2.30. The Labute approximate surface area is 217 Å². The van der Waals surface area contributed by atoms with Crippen molar-refractivity contribution < 1.29 is 27.1 Å². The smallest absolute Gasteiger partial charge is 0.422 e. The molecule has 37 heavy (non-hydrogen) atoms. The molecule has 0 spiro atoms. The fourth-order valence-corrected chi connectivity index (χ4v) is 6.17. The molecule has 2 aliphatic rings. The van der Waals surface area contributed by atoms with Crippen LogP contribution in [0.4, 0.5) is 13.2 Å². The molecule has 11 heteroatoms. The summed E-state index contributed by atoms with van der Waals surface area (Å²) in [5.74, 6) is 1.15. The van der Waals surface area contributed by atoms with E-state index < -0.39 is 12.8 Å². The van der Waals surface area contributed by atoms with Crippen molar-refractivity contribution in [1.82, 2.24) is 20.2 Å². The zero-order valence-electron chi connectivity index (χ0n) is 20.8. The molecule has 1 aliphatic carbocycles. The highest BCUT2D eigenvalue weighted by Gasteiger charge is 2.30. The first-order valence-corrected chi connectivity index (χ1v) is 13.6. The standard InChI is InChI=1S/C26H31F3N4O3S/c1-16-30-20-7-4-18(14-22(20)36-16)24(34)31-19-5-2-17(3-6-19)8-11-33-12-9-21-23(10-13-33)37-25(32-21)35-15-26(27,28)29/h4,7,14,17,19H,2-3,5-6,8-13,15H2,1H3,(H,31,34). The molecule has 7 nitrogen and oxygen atoms in total. The number of halogens is 3. The van der Waals surface area contributed by atoms with E-state index in [-0.39, 0.29) is 17.1 Å². The van der Waals surface area contributed by atoms with Gasteiger partial charge in [0.25, 0.3) is 11.1 Å². The van der Waals surface area contributed by atoms with Crippen molar-refractivity contribution in [2.24, 2.45) is 5.92 Å². The van der Waals surface area contributed by atoms with Gasteiger partial charge in [-0.3, -0.25) is 4.79 Å². The summed E-state index contributed by atoms with van der Waals surface area (Å²) in [6, 6.07) is 5.54. The van der Waals surface area contributed by atoms with E-state index in [1.165, 1.54) is 11.3 Å². The number of carbonyl (C=O) groups is 1. The van der Waals surface area contributed by atoms with E-state index in [0.29, 0.717) is 23.0 Å². The number of oxazole rings is 1. The van der Waals surface area contributed by atoms with Crippen LogP contribution in [0.2, 0.25) is 0 Å². The maximum absolute atomic E-state index is 12.7. The molecule has 0 unspecified atom stereocenters. The molecule has 0 atom stereocenters. The summed E-state index contributed by atoms with van der Waals surface area (Å²) in [5, 5.41) is 3.30. The Morgan fingerprint density at radius 3 is 2.76 bits per heavy atom. The van der Waals surface area contributed by atoms with E-state index in [1.807, 2.05) is 6.07 Å². The molecule has 0 saturated heterocycles. The first-order valence-electron chi connectivity index (χ1n) is 12.8. The maximum atomic E-state index is 12.7. The zero-order chi connectivity index (χ0) is 26.0. The van der Waals surface area contributed by atoms with Crippen molar-refractivity contribution in [3.8, 4) is 5.19 Å². The van der Waals surface area contributed by atoms with E-state index in [2.05, 4.69) is 20.2 Å². The number of rotatable bonds is 7. The molecular weight excluding hydrogens is 505 g/mol. The lowest BCUT2D eigenvalue weighted by Crippen LogP contribution is -2.38. The lowest BCUT2D eigenvalue weighted by molar-refractivity contribution is -0.153. The molecule has 1 aliphatic heterocycles. The molecule has 1 fully saturated rings. The minimum atomic E-state index is -4.35. The summed E-state index contributed by atoms with van der Waals surface area (Å²) in [6.07, 6.45) is 2.42. The molecule has 1 N–H and O–H groups in total. The van der Waals surface area contributed by atoms with Crippen LogP contribution < -0.4 is 10.1 Å². The molecule has 1 saturated carbocycles. The normalized spacial score (nSPS) is 21.0. The summed E-state index contributed by atoms with van der Waals surface area (Å²) in [5.41, 5.74) is 2.85. The van der Waals surface area contributed by atoms with Crippen molar-refractivity contribution >= 4 is 28.3 Å². The number of nitrogens with zero attached hydrogens (tertiary/aromatic N) is 3. The predicted molar refractivity (Wildman–Crippen MR) is 134 cm³/mol. The third kappa shape index (κ3) is 6.81. The van der Waals surface area contributed by atoms with Crippen LogP contribution in [-0.2, 0) is 12.8 Å². The van der Waals surface area contributed by atoms with Gasteiger partial charge in [0.15, 0.2) is 18.1 Å². The number of hydrogen-bond donors (Lipinski definition) is 1. The molecule has 1 aromatic carbocycles. The van der Waals surface area contributed by atoms with Gasteiger partial charge < -0.3 is 19.4 Å². The highest BCUT2D eigenvalue weighted by Crippen LogP contribution is 2.31. The third-order valence-electron chi connectivity index (χ3n) is 7.23. The average molecular weight is 537 g/mol. The number of hydrogen-bond acceptors (Lipinski definition) is 7. The second-order valence-corrected chi connectivity index (χ2v) is 11.0. The van der Waals surface area contributed by atoms with Crippen molar-refractivity contribution in [2.45, 2.75) is 64.1 Å². The van der Waals surface area contributed by atoms with Gasteiger partial charge in [-0.2, -0.15) is 13.2 Å². The van der Waals surface area contributed by atoms with Gasteiger partial charge in [0, 0.05) is 42.9 Å². The minimum Gasteiger partial charge on any atom is -0.460 e. The summed E-state index contributed by atoms with van der Waals surface area (Å²) in [6.45, 7) is 3.24. The molecule has 2 aromatic heterocycles. The van der Waals surface area contributed by atoms with E-state index in [0.717, 1.165) is 80.7 Å². The van der Waals surface area contributed by atoms with Gasteiger partial charge in [0.05, 0.1) is 5.69 Å². The summed E-state index contributed by atoms with van der Waals surface area (Å²) >= 11 is 1.24. The number of carbonyl (C=O) groups excluding carboxylic acids is 1. The van der Waals surface area contributed by atoms with Gasteiger partial charge in [-0.15, -0.1) is 0 Å². The van der Waals surface area contributed by atoms with Crippen LogP contribution in [0.3, 0.4) is 0 Å². The van der Waals surface area contributed by atoms with E-state index in [9.17, 15) is 18.0 Å². The number of aryl methyl sites for hydroxylation is 1. The number of amides is 1. The van der Waals surface area contributed by atoms with Crippen molar-refractivity contribution in [3.63, 3.8) is 0 Å². The van der Waals surface area contributed by atoms with E-state index >= 15 is 0 Å². The van der Waals surface area contributed by atoms with Crippen LogP contribution in [-0.4, -0.2) is 59.2 Å². The predicted octanol–water partition coefficient (Wildman–Crippen LogP) is 5.31. The van der Waals surface area contributed by atoms with Crippen LogP contribution in [0, 0.1) is 12.8 Å². The van der Waals surface area contributed by atoms with Crippen LogP contribution in [0.15, 0.2) is 22.6 Å². The molecule has 5 rings (SSSR count). The Kier molecular flexibility index (Phi) is 7.71. The second kappa shape index (κ2) is 11.0. The number of alkyl halides is 3. The fraction of sp³-hybridized carbons (Fsp3) is 0.577. The topological polar surface area (TPSA) is 80.5 Å². The first-order chi connectivity index (χ1) is 17.7. The van der Waals surface area contributed by atoms with Gasteiger partial charge in [-0.25, -0.2) is 9.97 Å². The molecule has 1 amide bonds. The Morgan fingerprint density at radius 1 is 1.19 bits per heavy atom. The third-order valence-corrected chi connectivity index (χ3v) is 8.30. The van der Waals surface area contributed by atoms with Gasteiger partial charge in [-0.1, -0.05) is 11.3 Å². The Hall–Kier alpha value is -2.66. The summed E-state index contributed by atoms with van der Waals surface area (Å²) in [7, 11) is 0. The van der Waals surface area contributed by atoms with Crippen LogP contribution in [0.1, 0.15) is 58.9 Å². The molecule has 0 radical (unpaired) electrons. The highest BCUT2D eigenvalue weighted by atomic mass is 32.1. The van der Waals surface area contributed by atoms with Crippen molar-refractivity contribution in [1.29, 1.82) is 0 Å².